The number of hydrogen-bond acceptors (Lipinski definition) is 6. The summed E-state index contributed by atoms with van der Waals surface area (Å²) in [5.74, 6) is -0.416. The van der Waals surface area contributed by atoms with E-state index in [9.17, 15) is 9.59 Å². The Kier molecular flexibility index (Phi) is 4.31. The normalized spacial score (nSPS) is 11.8. The van der Waals surface area contributed by atoms with Gasteiger partial charge >= 0.3 is 12.0 Å². The molecule has 2 amide bonds. The van der Waals surface area contributed by atoms with Gasteiger partial charge in [0.25, 0.3) is 0 Å². The van der Waals surface area contributed by atoms with Gasteiger partial charge in [-0.25, -0.2) is 9.59 Å². The van der Waals surface area contributed by atoms with Gasteiger partial charge in [-0.15, -0.1) is 11.3 Å². The molecule has 20 heavy (non-hydrogen) atoms. The number of thiophene rings is 1. The van der Waals surface area contributed by atoms with Crippen LogP contribution in [0.2, 0.25) is 0 Å². The molecule has 0 aliphatic carbocycles. The predicted molar refractivity (Wildman–Crippen MR) is 69.1 cm³/mol. The Morgan fingerprint density at radius 2 is 2.35 bits per heavy atom. The van der Waals surface area contributed by atoms with Crippen LogP contribution in [0.1, 0.15) is 22.6 Å². The van der Waals surface area contributed by atoms with E-state index in [1.54, 1.807) is 24.4 Å². The lowest BCUT2D eigenvalue weighted by Crippen LogP contribution is -2.40. The molecule has 9 heteroatoms. The number of rotatable bonds is 5. The molecule has 106 valence electrons. The first-order valence-electron chi connectivity index (χ1n) is 5.66. The van der Waals surface area contributed by atoms with E-state index in [0.717, 1.165) is 0 Å². The van der Waals surface area contributed by atoms with Gasteiger partial charge in [0.15, 0.2) is 11.9 Å². The molecule has 2 aromatic rings. The highest BCUT2D eigenvalue weighted by atomic mass is 32.1. The molecule has 0 spiro atoms. The number of carboxylic acid groups (broad SMARTS) is 1. The molecule has 0 saturated carbocycles. The first-order valence-corrected chi connectivity index (χ1v) is 6.54. The number of nitrogens with zero attached hydrogens (tertiary/aromatic N) is 2. The standard InChI is InChI=1S/C11H12N4O4S/c1-6-13-8(19-15-6)5-12-11(18)14-9(10(16)17)7-3-2-4-20-7/h2-4,9H,5H2,1H3,(H,16,17)(H2,12,14,18). The number of carboxylic acids is 1. The third-order valence-corrected chi connectivity index (χ3v) is 3.26. The zero-order chi connectivity index (χ0) is 14.5. The zero-order valence-electron chi connectivity index (χ0n) is 10.5. The number of aryl methyl sites for hydroxylation is 1. The fourth-order valence-electron chi connectivity index (χ4n) is 1.46. The van der Waals surface area contributed by atoms with E-state index < -0.39 is 18.0 Å². The first-order chi connectivity index (χ1) is 9.56. The van der Waals surface area contributed by atoms with Crippen molar-refractivity contribution in [3.05, 3.63) is 34.1 Å². The molecule has 0 saturated heterocycles. The van der Waals surface area contributed by atoms with Crippen molar-refractivity contribution in [2.75, 3.05) is 0 Å². The fourth-order valence-corrected chi connectivity index (χ4v) is 2.23. The Labute approximate surface area is 117 Å². The van der Waals surface area contributed by atoms with E-state index in [1.165, 1.54) is 11.3 Å². The average Bonchev–Trinajstić information content (AvgIpc) is 3.04. The third kappa shape index (κ3) is 3.54. The second-order valence-corrected chi connectivity index (χ2v) is 4.83. The minimum Gasteiger partial charge on any atom is -0.479 e. The van der Waals surface area contributed by atoms with Crippen LogP contribution in [-0.2, 0) is 11.3 Å². The van der Waals surface area contributed by atoms with Crippen molar-refractivity contribution in [3.63, 3.8) is 0 Å². The number of aliphatic carboxylic acids is 1. The topological polar surface area (TPSA) is 117 Å². The van der Waals surface area contributed by atoms with Crippen molar-refractivity contribution in [1.29, 1.82) is 0 Å². The summed E-state index contributed by atoms with van der Waals surface area (Å²) in [5, 5.41) is 19.2. The molecule has 2 rings (SSSR count). The number of aromatic nitrogens is 2. The van der Waals surface area contributed by atoms with Crippen molar-refractivity contribution in [2.24, 2.45) is 0 Å². The van der Waals surface area contributed by atoms with Crippen LogP contribution in [0, 0.1) is 6.92 Å². The fraction of sp³-hybridized carbons (Fsp3) is 0.273. The minimum absolute atomic E-state index is 0.0312. The van der Waals surface area contributed by atoms with Gasteiger partial charge in [-0.1, -0.05) is 11.2 Å². The molecule has 2 heterocycles. The van der Waals surface area contributed by atoms with Crippen molar-refractivity contribution in [2.45, 2.75) is 19.5 Å². The van der Waals surface area contributed by atoms with Gasteiger partial charge in [0, 0.05) is 4.88 Å². The summed E-state index contributed by atoms with van der Waals surface area (Å²) in [6, 6.07) is 1.66. The molecule has 0 aliphatic rings. The first kappa shape index (κ1) is 14.0. The van der Waals surface area contributed by atoms with Crippen molar-refractivity contribution in [1.82, 2.24) is 20.8 Å². The summed E-state index contributed by atoms with van der Waals surface area (Å²) in [4.78, 5) is 27.3. The lowest BCUT2D eigenvalue weighted by Gasteiger charge is -2.13. The smallest absolute Gasteiger partial charge is 0.331 e. The van der Waals surface area contributed by atoms with E-state index in [0.29, 0.717) is 10.7 Å². The molecule has 0 bridgehead atoms. The molecular formula is C11H12N4O4S. The van der Waals surface area contributed by atoms with Crippen molar-refractivity contribution >= 4 is 23.3 Å². The maximum atomic E-state index is 11.7. The highest BCUT2D eigenvalue weighted by molar-refractivity contribution is 7.10. The minimum atomic E-state index is -1.13. The third-order valence-electron chi connectivity index (χ3n) is 2.32. The maximum absolute atomic E-state index is 11.7. The number of hydrogen-bond donors (Lipinski definition) is 3. The average molecular weight is 296 g/mol. The largest absolute Gasteiger partial charge is 0.479 e. The van der Waals surface area contributed by atoms with Gasteiger partial charge in [-0.2, -0.15) is 4.98 Å². The Balaban J connectivity index is 1.90. The Morgan fingerprint density at radius 3 is 2.90 bits per heavy atom. The van der Waals surface area contributed by atoms with E-state index >= 15 is 0 Å². The molecule has 8 nitrogen and oxygen atoms in total. The Bertz CT molecular complexity index is 595. The van der Waals surface area contributed by atoms with Crippen molar-refractivity contribution in [3.8, 4) is 0 Å². The quantitative estimate of drug-likeness (QED) is 0.759. The summed E-state index contributed by atoms with van der Waals surface area (Å²) < 4.78 is 4.82. The van der Waals surface area contributed by atoms with Gasteiger partial charge < -0.3 is 20.3 Å². The zero-order valence-corrected chi connectivity index (χ0v) is 11.3. The van der Waals surface area contributed by atoms with Gasteiger partial charge in [0.05, 0.1) is 6.54 Å². The molecule has 1 atom stereocenters. The predicted octanol–water partition coefficient (Wildman–Crippen LogP) is 1.06. The van der Waals surface area contributed by atoms with Crippen LogP contribution in [0.3, 0.4) is 0 Å². The summed E-state index contributed by atoms with van der Waals surface area (Å²) in [6.07, 6.45) is 0. The van der Waals surface area contributed by atoms with Crippen LogP contribution >= 0.6 is 11.3 Å². The summed E-state index contributed by atoms with van der Waals surface area (Å²) in [5.41, 5.74) is 0. The SMILES string of the molecule is Cc1noc(CNC(=O)NC(C(=O)O)c2cccs2)n1. The molecule has 3 N–H and O–H groups in total. The lowest BCUT2D eigenvalue weighted by molar-refractivity contribution is -0.139. The maximum Gasteiger partial charge on any atom is 0.331 e. The monoisotopic (exact) mass is 296 g/mol. The molecule has 1 unspecified atom stereocenters. The number of carbonyl (C=O) groups is 2. The second-order valence-electron chi connectivity index (χ2n) is 3.85. The molecule has 0 aliphatic heterocycles. The van der Waals surface area contributed by atoms with E-state index in [-0.39, 0.29) is 12.4 Å². The molecule has 0 fully saturated rings. The van der Waals surface area contributed by atoms with E-state index in [1.807, 2.05) is 0 Å². The highest BCUT2D eigenvalue weighted by Crippen LogP contribution is 2.18. The van der Waals surface area contributed by atoms with Crippen LogP contribution < -0.4 is 10.6 Å². The van der Waals surface area contributed by atoms with Gasteiger partial charge in [-0.3, -0.25) is 0 Å². The van der Waals surface area contributed by atoms with Gasteiger partial charge in [-0.05, 0) is 18.4 Å². The Hall–Kier alpha value is -2.42. The van der Waals surface area contributed by atoms with E-state index in [4.69, 9.17) is 9.63 Å². The van der Waals surface area contributed by atoms with Crippen LogP contribution in [0.25, 0.3) is 0 Å². The number of carbonyl (C=O) groups excluding carboxylic acids is 1. The Morgan fingerprint density at radius 1 is 1.55 bits per heavy atom. The molecule has 0 radical (unpaired) electrons. The summed E-state index contributed by atoms with van der Waals surface area (Å²) in [7, 11) is 0. The van der Waals surface area contributed by atoms with Crippen molar-refractivity contribution < 1.29 is 19.2 Å². The highest BCUT2D eigenvalue weighted by Gasteiger charge is 2.22. The number of urea groups is 1. The van der Waals surface area contributed by atoms with Crippen LogP contribution in [0.15, 0.2) is 22.0 Å². The molecule has 0 aromatic carbocycles. The molecular weight excluding hydrogens is 284 g/mol. The number of amides is 2. The van der Waals surface area contributed by atoms with Crippen LogP contribution in [0.5, 0.6) is 0 Å². The van der Waals surface area contributed by atoms with Gasteiger partial charge in [0.2, 0.25) is 5.89 Å². The number of nitrogens with one attached hydrogen (secondary N) is 2. The van der Waals surface area contributed by atoms with Crippen LogP contribution in [-0.4, -0.2) is 27.2 Å². The van der Waals surface area contributed by atoms with Crippen LogP contribution in [0.4, 0.5) is 4.79 Å². The molecule has 2 aromatic heterocycles. The van der Waals surface area contributed by atoms with E-state index in [2.05, 4.69) is 20.8 Å². The van der Waals surface area contributed by atoms with Gasteiger partial charge in [0.1, 0.15) is 0 Å². The summed E-state index contributed by atoms with van der Waals surface area (Å²) in [6.45, 7) is 1.69. The second kappa shape index (κ2) is 6.15. The lowest BCUT2D eigenvalue weighted by atomic mass is 10.2. The summed E-state index contributed by atoms with van der Waals surface area (Å²) >= 11 is 1.25.